The van der Waals surface area contributed by atoms with Crippen LogP contribution in [-0.4, -0.2) is 44.7 Å². The summed E-state index contributed by atoms with van der Waals surface area (Å²) in [4.78, 5) is 5.19. The molecule has 0 saturated heterocycles. The lowest BCUT2D eigenvalue weighted by Crippen LogP contribution is -2.33. The van der Waals surface area contributed by atoms with Crippen LogP contribution in [0.5, 0.6) is 0 Å². The first-order valence-electron chi connectivity index (χ1n) is 6.79. The van der Waals surface area contributed by atoms with Crippen molar-refractivity contribution >= 4 is 13.8 Å². The number of alkyl halides is 3. The van der Waals surface area contributed by atoms with Crippen molar-refractivity contribution in [1.82, 2.24) is 4.90 Å². The molecule has 0 aromatic heterocycles. The Kier molecular flexibility index (Phi) is 5.82. The summed E-state index contributed by atoms with van der Waals surface area (Å²) in [6.45, 7) is 9.71. The van der Waals surface area contributed by atoms with Crippen molar-refractivity contribution in [3.63, 3.8) is 0 Å². The molecular formula is C13H23F3N2OSi. The Balaban J connectivity index is 2.55. The zero-order valence-electron chi connectivity index (χ0n) is 12.5. The van der Waals surface area contributed by atoms with Crippen LogP contribution in [-0.2, 0) is 4.74 Å². The van der Waals surface area contributed by atoms with Gasteiger partial charge in [0, 0.05) is 26.6 Å². The molecule has 0 bridgehead atoms. The summed E-state index contributed by atoms with van der Waals surface area (Å²) < 4.78 is 43.7. The first kappa shape index (κ1) is 17.2. The highest BCUT2D eigenvalue weighted by Crippen LogP contribution is 2.29. The molecule has 116 valence electrons. The Hall–Kier alpha value is -0.823. The summed E-state index contributed by atoms with van der Waals surface area (Å²) in [6, 6.07) is 1.01. The van der Waals surface area contributed by atoms with Gasteiger partial charge < -0.3 is 9.64 Å². The van der Waals surface area contributed by atoms with Gasteiger partial charge in [0.1, 0.15) is 6.73 Å². The van der Waals surface area contributed by atoms with E-state index in [-0.39, 0.29) is 6.73 Å². The largest absolute Gasteiger partial charge is 0.434 e. The normalized spacial score (nSPS) is 17.1. The molecule has 1 aliphatic rings. The third-order valence-electron chi connectivity index (χ3n) is 2.92. The van der Waals surface area contributed by atoms with Gasteiger partial charge in [-0.1, -0.05) is 26.6 Å². The molecule has 0 amide bonds. The predicted molar refractivity (Wildman–Crippen MR) is 77.5 cm³/mol. The maximum atomic E-state index is 12.7. The number of rotatable bonds is 6. The first-order chi connectivity index (χ1) is 9.12. The van der Waals surface area contributed by atoms with Crippen LogP contribution in [0.1, 0.15) is 13.3 Å². The van der Waals surface area contributed by atoms with Crippen LogP contribution in [0.15, 0.2) is 16.9 Å². The number of allylic oxidation sites excluding steroid dienone is 1. The van der Waals surface area contributed by atoms with Crippen LogP contribution in [0.3, 0.4) is 0 Å². The van der Waals surface area contributed by atoms with Crippen LogP contribution < -0.4 is 0 Å². The fourth-order valence-electron chi connectivity index (χ4n) is 1.66. The molecule has 0 N–H and O–H groups in total. The highest BCUT2D eigenvalue weighted by molar-refractivity contribution is 6.76. The fourth-order valence-corrected chi connectivity index (χ4v) is 2.41. The third-order valence-corrected chi connectivity index (χ3v) is 4.63. The maximum absolute atomic E-state index is 12.7. The van der Waals surface area contributed by atoms with Crippen LogP contribution in [0.25, 0.3) is 0 Å². The lowest BCUT2D eigenvalue weighted by atomic mass is 10.2. The van der Waals surface area contributed by atoms with Crippen LogP contribution in [0.2, 0.25) is 25.7 Å². The molecule has 0 unspecified atom stereocenters. The van der Waals surface area contributed by atoms with E-state index in [1.165, 1.54) is 0 Å². The second kappa shape index (κ2) is 6.75. The van der Waals surface area contributed by atoms with E-state index in [2.05, 4.69) is 24.6 Å². The van der Waals surface area contributed by atoms with Gasteiger partial charge in [0.2, 0.25) is 0 Å². The molecule has 0 saturated carbocycles. The smallest absolute Gasteiger partial charge is 0.361 e. The average molecular weight is 308 g/mol. The summed E-state index contributed by atoms with van der Waals surface area (Å²) in [5.74, 6) is 0. The molecule has 0 aromatic carbocycles. The molecule has 1 heterocycles. The van der Waals surface area contributed by atoms with Gasteiger partial charge in [-0.3, -0.25) is 0 Å². The average Bonchev–Trinajstić information content (AvgIpc) is 2.32. The van der Waals surface area contributed by atoms with Crippen LogP contribution in [0.4, 0.5) is 13.2 Å². The molecule has 0 spiro atoms. The van der Waals surface area contributed by atoms with Gasteiger partial charge >= 0.3 is 6.18 Å². The molecule has 0 fully saturated rings. The van der Waals surface area contributed by atoms with E-state index in [4.69, 9.17) is 4.74 Å². The Bertz CT molecular complexity index is 386. The Labute approximate surface area is 119 Å². The first-order valence-corrected chi connectivity index (χ1v) is 10.5. The van der Waals surface area contributed by atoms with Crippen LogP contribution in [0, 0.1) is 0 Å². The third kappa shape index (κ3) is 6.09. The molecule has 1 aliphatic heterocycles. The van der Waals surface area contributed by atoms with Gasteiger partial charge in [-0.25, -0.2) is 4.99 Å². The predicted octanol–water partition coefficient (Wildman–Crippen LogP) is 3.87. The molecule has 7 heteroatoms. The van der Waals surface area contributed by atoms with E-state index in [1.54, 1.807) is 4.90 Å². The zero-order chi connectivity index (χ0) is 15.4. The maximum Gasteiger partial charge on any atom is 0.434 e. The number of aliphatic imine (C=N–C) groups is 1. The Morgan fingerprint density at radius 1 is 1.35 bits per heavy atom. The summed E-state index contributed by atoms with van der Waals surface area (Å²) in [6.07, 6.45) is -2.84. The van der Waals surface area contributed by atoms with E-state index < -0.39 is 19.9 Å². The molecule has 0 aliphatic carbocycles. The molecule has 20 heavy (non-hydrogen) atoms. The molecule has 0 aromatic rings. The topological polar surface area (TPSA) is 24.8 Å². The van der Waals surface area contributed by atoms with Crippen LogP contribution >= 0.6 is 0 Å². The monoisotopic (exact) mass is 308 g/mol. The van der Waals surface area contributed by atoms with E-state index in [1.807, 2.05) is 6.92 Å². The summed E-state index contributed by atoms with van der Waals surface area (Å²) >= 11 is 0. The summed E-state index contributed by atoms with van der Waals surface area (Å²) in [7, 11) is -1.17. The van der Waals surface area contributed by atoms with Crippen molar-refractivity contribution in [2.75, 3.05) is 19.9 Å². The molecule has 1 rings (SSSR count). The number of nitrogens with zero attached hydrogens (tertiary/aromatic N) is 2. The van der Waals surface area contributed by atoms with Gasteiger partial charge in [-0.15, -0.1) is 0 Å². The molecular weight excluding hydrogens is 285 g/mol. The van der Waals surface area contributed by atoms with Gasteiger partial charge in [0.15, 0.2) is 5.70 Å². The fraction of sp³-hybridized carbons (Fsp3) is 0.769. The lowest BCUT2D eigenvalue weighted by molar-refractivity contribution is -0.0944. The summed E-state index contributed by atoms with van der Waals surface area (Å²) in [5.41, 5.74) is -0.303. The second-order valence-corrected chi connectivity index (χ2v) is 11.8. The number of halogens is 3. The number of hydrogen-bond donors (Lipinski definition) is 0. The molecule has 0 radical (unpaired) electrons. The lowest BCUT2D eigenvalue weighted by Gasteiger charge is -2.27. The van der Waals surface area contributed by atoms with Crippen molar-refractivity contribution in [3.8, 4) is 0 Å². The van der Waals surface area contributed by atoms with Crippen molar-refractivity contribution in [3.05, 3.63) is 11.9 Å². The van der Waals surface area contributed by atoms with E-state index in [0.717, 1.165) is 12.2 Å². The van der Waals surface area contributed by atoms with E-state index >= 15 is 0 Å². The minimum atomic E-state index is -4.41. The Morgan fingerprint density at radius 2 is 2.00 bits per heavy atom. The minimum absolute atomic E-state index is 0.184. The quantitative estimate of drug-likeness (QED) is 0.549. The standard InChI is InChI=1S/C13H23F3N2OSi/c1-5-11-8-18(9-12(17-11)13(14,15)16)10-19-6-7-20(2,3)4/h9H,5-8,10H2,1-4H3. The van der Waals surface area contributed by atoms with Crippen molar-refractivity contribution in [1.29, 1.82) is 0 Å². The van der Waals surface area contributed by atoms with Gasteiger partial charge in [-0.05, 0) is 12.5 Å². The highest BCUT2D eigenvalue weighted by Gasteiger charge is 2.36. The SMILES string of the molecule is CCC1=NC(C(F)(F)F)=CN(COCC[Si](C)(C)C)C1. The molecule has 3 nitrogen and oxygen atoms in total. The van der Waals surface area contributed by atoms with Gasteiger partial charge in [0.05, 0.1) is 6.54 Å². The number of hydrogen-bond acceptors (Lipinski definition) is 3. The minimum Gasteiger partial charge on any atom is -0.361 e. The van der Waals surface area contributed by atoms with Crippen molar-refractivity contribution in [2.45, 2.75) is 45.2 Å². The van der Waals surface area contributed by atoms with E-state index in [0.29, 0.717) is 25.3 Å². The van der Waals surface area contributed by atoms with Crippen molar-refractivity contribution in [2.24, 2.45) is 4.99 Å². The van der Waals surface area contributed by atoms with Crippen molar-refractivity contribution < 1.29 is 17.9 Å². The molecule has 0 atom stereocenters. The zero-order valence-corrected chi connectivity index (χ0v) is 13.5. The van der Waals surface area contributed by atoms with Gasteiger partial charge in [-0.2, -0.15) is 13.2 Å². The Morgan fingerprint density at radius 3 is 2.50 bits per heavy atom. The van der Waals surface area contributed by atoms with E-state index in [9.17, 15) is 13.2 Å². The second-order valence-electron chi connectivity index (χ2n) is 6.14. The summed E-state index contributed by atoms with van der Waals surface area (Å²) in [5, 5.41) is 0. The van der Waals surface area contributed by atoms with Gasteiger partial charge in [0.25, 0.3) is 0 Å². The number of ether oxygens (including phenoxy) is 1. The highest BCUT2D eigenvalue weighted by atomic mass is 28.3.